The van der Waals surface area contributed by atoms with Crippen LogP contribution in [0.25, 0.3) is 10.8 Å². The van der Waals surface area contributed by atoms with Gasteiger partial charge in [0.1, 0.15) is 5.75 Å². The van der Waals surface area contributed by atoms with Crippen LogP contribution < -0.4 is 10.5 Å². The lowest BCUT2D eigenvalue weighted by atomic mass is 10.0. The van der Waals surface area contributed by atoms with E-state index in [9.17, 15) is 4.79 Å². The lowest BCUT2D eigenvalue weighted by Crippen LogP contribution is -2.16. The van der Waals surface area contributed by atoms with Crippen molar-refractivity contribution in [1.29, 1.82) is 0 Å². The van der Waals surface area contributed by atoms with Crippen molar-refractivity contribution in [3.63, 3.8) is 0 Å². The summed E-state index contributed by atoms with van der Waals surface area (Å²) < 4.78 is 5.18. The van der Waals surface area contributed by atoms with Gasteiger partial charge in [-0.15, -0.1) is 0 Å². The van der Waals surface area contributed by atoms with Crippen molar-refractivity contribution in [3.8, 4) is 5.75 Å². The van der Waals surface area contributed by atoms with Crippen molar-refractivity contribution in [2.24, 2.45) is 5.73 Å². The number of fused-ring (bicyclic) bond motifs is 1. The third-order valence-electron chi connectivity index (χ3n) is 3.20. The van der Waals surface area contributed by atoms with Crippen LogP contribution >= 0.6 is 0 Å². The van der Waals surface area contributed by atoms with Gasteiger partial charge in [0.2, 0.25) is 0 Å². The summed E-state index contributed by atoms with van der Waals surface area (Å²) in [5, 5.41) is 2.12. The molecule has 0 spiro atoms. The molecule has 0 saturated carbocycles. The maximum absolute atomic E-state index is 12.0. The number of hydrogen-bond donors (Lipinski definition) is 1. The zero-order chi connectivity index (χ0) is 13.8. The van der Waals surface area contributed by atoms with Crippen LogP contribution in [0.15, 0.2) is 36.4 Å². The molecule has 0 heterocycles. The molecule has 100 valence electrons. The molecule has 0 fully saturated rings. The number of ether oxygens (including phenoxy) is 1. The second kappa shape index (κ2) is 5.85. The predicted molar refractivity (Wildman–Crippen MR) is 77.7 cm³/mol. The Balaban J connectivity index is 2.24. The van der Waals surface area contributed by atoms with Gasteiger partial charge in [0, 0.05) is 18.0 Å². The van der Waals surface area contributed by atoms with Gasteiger partial charge in [-0.3, -0.25) is 4.79 Å². The van der Waals surface area contributed by atoms with E-state index >= 15 is 0 Å². The van der Waals surface area contributed by atoms with E-state index in [0.29, 0.717) is 6.42 Å². The van der Waals surface area contributed by atoms with E-state index in [1.54, 1.807) is 7.11 Å². The van der Waals surface area contributed by atoms with Crippen LogP contribution in [0.5, 0.6) is 5.75 Å². The van der Waals surface area contributed by atoms with E-state index in [2.05, 4.69) is 0 Å². The molecule has 2 N–H and O–H groups in total. The first-order chi connectivity index (χ1) is 9.10. The van der Waals surface area contributed by atoms with Crippen molar-refractivity contribution in [3.05, 3.63) is 42.0 Å². The monoisotopic (exact) mass is 257 g/mol. The summed E-state index contributed by atoms with van der Waals surface area (Å²) in [6.45, 7) is 1.92. The quantitative estimate of drug-likeness (QED) is 0.837. The molecule has 0 aromatic heterocycles. The SMILES string of the molecule is COc1ccc2cc(C(=O)CCC(C)N)ccc2c1. The average molecular weight is 257 g/mol. The van der Waals surface area contributed by atoms with Crippen molar-refractivity contribution in [1.82, 2.24) is 0 Å². The van der Waals surface area contributed by atoms with Crippen LogP contribution in [-0.4, -0.2) is 18.9 Å². The Kier molecular flexibility index (Phi) is 4.17. The Labute approximate surface area is 113 Å². The Morgan fingerprint density at radius 1 is 1.21 bits per heavy atom. The van der Waals surface area contributed by atoms with Gasteiger partial charge in [-0.25, -0.2) is 0 Å². The summed E-state index contributed by atoms with van der Waals surface area (Å²) in [4.78, 5) is 12.0. The molecule has 3 heteroatoms. The number of methoxy groups -OCH3 is 1. The lowest BCUT2D eigenvalue weighted by Gasteiger charge is -2.06. The molecule has 0 aliphatic carbocycles. The number of benzene rings is 2. The molecule has 0 aliphatic rings. The molecule has 0 radical (unpaired) electrons. The highest BCUT2D eigenvalue weighted by Crippen LogP contribution is 2.22. The first-order valence-corrected chi connectivity index (χ1v) is 6.47. The summed E-state index contributed by atoms with van der Waals surface area (Å²) in [5.74, 6) is 0.971. The first kappa shape index (κ1) is 13.6. The van der Waals surface area contributed by atoms with Crippen molar-refractivity contribution >= 4 is 16.6 Å². The fourth-order valence-electron chi connectivity index (χ4n) is 2.03. The highest BCUT2D eigenvalue weighted by Gasteiger charge is 2.08. The predicted octanol–water partition coefficient (Wildman–Crippen LogP) is 3.16. The molecule has 3 nitrogen and oxygen atoms in total. The summed E-state index contributed by atoms with van der Waals surface area (Å²) in [6.07, 6.45) is 1.22. The van der Waals surface area contributed by atoms with Crippen molar-refractivity contribution < 1.29 is 9.53 Å². The highest BCUT2D eigenvalue weighted by molar-refractivity contribution is 6.00. The largest absolute Gasteiger partial charge is 0.497 e. The normalized spacial score (nSPS) is 12.4. The number of ketones is 1. The van der Waals surface area contributed by atoms with Crippen molar-refractivity contribution in [2.45, 2.75) is 25.8 Å². The van der Waals surface area contributed by atoms with Crippen LogP contribution in [0.2, 0.25) is 0 Å². The Bertz CT molecular complexity index is 590. The van der Waals surface area contributed by atoms with Gasteiger partial charge in [-0.2, -0.15) is 0 Å². The number of rotatable bonds is 5. The fourth-order valence-corrected chi connectivity index (χ4v) is 2.03. The first-order valence-electron chi connectivity index (χ1n) is 6.47. The standard InChI is InChI=1S/C16H19NO2/c1-11(17)3-8-16(18)14-5-4-13-10-15(19-2)7-6-12(13)9-14/h4-7,9-11H,3,8,17H2,1-2H3. The summed E-state index contributed by atoms with van der Waals surface area (Å²) in [7, 11) is 1.65. The van der Waals surface area contributed by atoms with Crippen LogP contribution in [0.3, 0.4) is 0 Å². The minimum Gasteiger partial charge on any atom is -0.497 e. The molecular formula is C16H19NO2. The molecule has 0 saturated heterocycles. The number of carbonyl (C=O) groups excluding carboxylic acids is 1. The highest BCUT2D eigenvalue weighted by atomic mass is 16.5. The van der Waals surface area contributed by atoms with Crippen molar-refractivity contribution in [2.75, 3.05) is 7.11 Å². The van der Waals surface area contributed by atoms with Gasteiger partial charge in [0.25, 0.3) is 0 Å². The zero-order valence-electron chi connectivity index (χ0n) is 11.3. The molecule has 2 aromatic rings. The summed E-state index contributed by atoms with van der Waals surface area (Å²) in [6, 6.07) is 11.6. The van der Waals surface area contributed by atoms with E-state index in [0.717, 1.165) is 28.5 Å². The molecular weight excluding hydrogens is 238 g/mol. The molecule has 1 unspecified atom stereocenters. The number of hydrogen-bond acceptors (Lipinski definition) is 3. The molecule has 1 atom stereocenters. The average Bonchev–Trinajstić information content (AvgIpc) is 2.43. The molecule has 19 heavy (non-hydrogen) atoms. The lowest BCUT2D eigenvalue weighted by molar-refractivity contribution is 0.0978. The Hall–Kier alpha value is -1.87. The maximum Gasteiger partial charge on any atom is 0.162 e. The van der Waals surface area contributed by atoms with E-state index in [1.165, 1.54) is 0 Å². The van der Waals surface area contributed by atoms with Crippen LogP contribution in [0.4, 0.5) is 0 Å². The molecule has 2 rings (SSSR count). The van der Waals surface area contributed by atoms with Gasteiger partial charge in [0.05, 0.1) is 7.11 Å². The molecule has 0 bridgehead atoms. The van der Waals surface area contributed by atoms with Crippen LogP contribution in [0.1, 0.15) is 30.1 Å². The number of Topliss-reactive ketones (excluding diaryl/α,β-unsaturated/α-hetero) is 1. The molecule has 0 aliphatic heterocycles. The fraction of sp³-hybridized carbons (Fsp3) is 0.312. The minimum atomic E-state index is 0.0636. The van der Waals surface area contributed by atoms with Gasteiger partial charge >= 0.3 is 0 Å². The van der Waals surface area contributed by atoms with Crippen LogP contribution in [-0.2, 0) is 0 Å². The summed E-state index contributed by atoms with van der Waals surface area (Å²) >= 11 is 0. The third kappa shape index (κ3) is 3.32. The maximum atomic E-state index is 12.0. The number of carbonyl (C=O) groups is 1. The third-order valence-corrected chi connectivity index (χ3v) is 3.20. The van der Waals surface area contributed by atoms with Crippen LogP contribution in [0, 0.1) is 0 Å². The van der Waals surface area contributed by atoms with Gasteiger partial charge in [-0.05, 0) is 42.3 Å². The van der Waals surface area contributed by atoms with Gasteiger partial charge < -0.3 is 10.5 Å². The smallest absolute Gasteiger partial charge is 0.162 e. The molecule has 0 amide bonds. The summed E-state index contributed by atoms with van der Waals surface area (Å²) in [5.41, 5.74) is 6.42. The van der Waals surface area contributed by atoms with E-state index < -0.39 is 0 Å². The molecule has 2 aromatic carbocycles. The second-order valence-corrected chi connectivity index (χ2v) is 4.87. The van der Waals surface area contributed by atoms with Gasteiger partial charge in [-0.1, -0.05) is 18.2 Å². The van der Waals surface area contributed by atoms with Gasteiger partial charge in [0.15, 0.2) is 5.78 Å². The topological polar surface area (TPSA) is 52.3 Å². The Morgan fingerprint density at radius 3 is 2.58 bits per heavy atom. The second-order valence-electron chi connectivity index (χ2n) is 4.87. The van der Waals surface area contributed by atoms with E-state index in [4.69, 9.17) is 10.5 Å². The van der Waals surface area contributed by atoms with E-state index in [-0.39, 0.29) is 11.8 Å². The minimum absolute atomic E-state index is 0.0636. The Morgan fingerprint density at radius 2 is 1.89 bits per heavy atom. The number of nitrogens with two attached hydrogens (primary N) is 1. The van der Waals surface area contributed by atoms with E-state index in [1.807, 2.05) is 43.3 Å². The zero-order valence-corrected chi connectivity index (χ0v) is 11.3.